The lowest BCUT2D eigenvalue weighted by atomic mass is 10.1. The molecular formula is C26H28N10O. The van der Waals surface area contributed by atoms with Crippen molar-refractivity contribution in [2.24, 2.45) is 5.92 Å². The molecule has 37 heavy (non-hydrogen) atoms. The number of imidazole rings is 1. The molecule has 6 heterocycles. The van der Waals surface area contributed by atoms with E-state index in [1.165, 1.54) is 0 Å². The van der Waals surface area contributed by atoms with Gasteiger partial charge in [0, 0.05) is 55.4 Å². The first-order chi connectivity index (χ1) is 18.0. The summed E-state index contributed by atoms with van der Waals surface area (Å²) in [6.07, 6.45) is 6.91. The van der Waals surface area contributed by atoms with Crippen LogP contribution in [0, 0.1) is 5.92 Å². The number of fused-ring (bicyclic) bond motifs is 2. The van der Waals surface area contributed by atoms with Crippen molar-refractivity contribution in [3.8, 4) is 22.8 Å². The van der Waals surface area contributed by atoms with E-state index in [1.54, 1.807) is 18.6 Å². The Bertz CT molecular complexity index is 1600. The summed E-state index contributed by atoms with van der Waals surface area (Å²) in [4.78, 5) is 38.5. The maximum atomic E-state index is 12.1. The lowest BCUT2D eigenvalue weighted by molar-refractivity contribution is -0.118. The molecule has 1 aliphatic heterocycles. The molecule has 0 atom stereocenters. The highest BCUT2D eigenvalue weighted by molar-refractivity contribution is 5.96. The summed E-state index contributed by atoms with van der Waals surface area (Å²) >= 11 is 0. The highest BCUT2D eigenvalue weighted by Gasteiger charge is 2.20. The molecule has 188 valence electrons. The van der Waals surface area contributed by atoms with Gasteiger partial charge in [0.2, 0.25) is 5.91 Å². The SMILES string of the molecule is CC(C)C(=O)Nc1cncc(-c2cc3c(-c4nc5nccc(N6CCN(C)CC6)c5[nH]4)n[nH]c3cn2)c1. The number of piperazine rings is 1. The second kappa shape index (κ2) is 9.25. The third-order valence-corrected chi connectivity index (χ3v) is 6.71. The van der Waals surface area contributed by atoms with Gasteiger partial charge in [-0.15, -0.1) is 0 Å². The highest BCUT2D eigenvalue weighted by Crippen LogP contribution is 2.31. The molecule has 0 bridgehead atoms. The minimum absolute atomic E-state index is 0.0612. The van der Waals surface area contributed by atoms with E-state index in [4.69, 9.17) is 4.98 Å². The summed E-state index contributed by atoms with van der Waals surface area (Å²) in [6, 6.07) is 5.87. The molecule has 5 aromatic rings. The van der Waals surface area contributed by atoms with Crippen molar-refractivity contribution in [2.45, 2.75) is 13.8 Å². The Kier molecular flexibility index (Phi) is 5.76. The van der Waals surface area contributed by atoms with E-state index in [9.17, 15) is 4.79 Å². The number of H-pyrrole nitrogens is 2. The number of rotatable bonds is 5. The smallest absolute Gasteiger partial charge is 0.226 e. The van der Waals surface area contributed by atoms with E-state index >= 15 is 0 Å². The van der Waals surface area contributed by atoms with Crippen LogP contribution < -0.4 is 10.2 Å². The molecule has 11 heteroatoms. The molecule has 3 N–H and O–H groups in total. The number of hydrogen-bond donors (Lipinski definition) is 3. The second-order valence-corrected chi connectivity index (χ2v) is 9.70. The van der Waals surface area contributed by atoms with Crippen LogP contribution in [0.3, 0.4) is 0 Å². The minimum atomic E-state index is -0.123. The Balaban J connectivity index is 1.36. The number of nitrogens with zero attached hydrogens (tertiary/aromatic N) is 7. The number of aromatic nitrogens is 7. The van der Waals surface area contributed by atoms with Gasteiger partial charge in [0.25, 0.3) is 0 Å². The molecule has 1 saturated heterocycles. The molecule has 1 aliphatic rings. The predicted molar refractivity (Wildman–Crippen MR) is 143 cm³/mol. The van der Waals surface area contributed by atoms with Gasteiger partial charge in [-0.25, -0.2) is 9.97 Å². The number of anilines is 2. The van der Waals surface area contributed by atoms with Gasteiger partial charge in [0.15, 0.2) is 11.5 Å². The van der Waals surface area contributed by atoms with E-state index in [2.05, 4.69) is 52.3 Å². The average Bonchev–Trinajstić information content (AvgIpc) is 3.53. The molecule has 0 aromatic carbocycles. The van der Waals surface area contributed by atoms with Crippen molar-refractivity contribution in [1.29, 1.82) is 0 Å². The van der Waals surface area contributed by atoms with Gasteiger partial charge in [-0.2, -0.15) is 5.10 Å². The van der Waals surface area contributed by atoms with Crippen molar-refractivity contribution in [2.75, 3.05) is 43.4 Å². The van der Waals surface area contributed by atoms with Crippen molar-refractivity contribution >= 4 is 39.3 Å². The Morgan fingerprint density at radius 2 is 1.92 bits per heavy atom. The van der Waals surface area contributed by atoms with Crippen molar-refractivity contribution in [3.05, 3.63) is 43.0 Å². The van der Waals surface area contributed by atoms with Crippen LogP contribution >= 0.6 is 0 Å². The first kappa shape index (κ1) is 23.0. The monoisotopic (exact) mass is 496 g/mol. The van der Waals surface area contributed by atoms with E-state index in [0.717, 1.165) is 59.5 Å². The fourth-order valence-electron chi connectivity index (χ4n) is 4.51. The quantitative estimate of drug-likeness (QED) is 0.338. The first-order valence-corrected chi connectivity index (χ1v) is 12.4. The molecule has 5 aromatic heterocycles. The van der Waals surface area contributed by atoms with Gasteiger partial charge < -0.3 is 20.1 Å². The van der Waals surface area contributed by atoms with Gasteiger partial charge in [-0.3, -0.25) is 19.9 Å². The highest BCUT2D eigenvalue weighted by atomic mass is 16.1. The Labute approximate surface area is 213 Å². The van der Waals surface area contributed by atoms with Gasteiger partial charge >= 0.3 is 0 Å². The third kappa shape index (κ3) is 4.38. The zero-order valence-electron chi connectivity index (χ0n) is 21.0. The molecular weight excluding hydrogens is 468 g/mol. The van der Waals surface area contributed by atoms with Crippen LogP contribution in [0.1, 0.15) is 13.8 Å². The van der Waals surface area contributed by atoms with Crippen LogP contribution in [0.4, 0.5) is 11.4 Å². The molecule has 6 rings (SSSR count). The first-order valence-electron chi connectivity index (χ1n) is 12.4. The standard InChI is InChI=1S/C26H28N10O/c1-15(2)26(37)30-17-10-16(12-27-13-17)19-11-18-20(14-29-19)33-34-22(18)25-31-23-21(4-5-28-24(23)32-25)36-8-6-35(3)7-9-36/h4-5,10-15H,6-9H2,1-3H3,(H,30,37)(H,33,34)(H,28,31,32). The molecule has 0 unspecified atom stereocenters. The number of carbonyl (C=O) groups excluding carboxylic acids is 1. The molecule has 0 saturated carbocycles. The maximum absolute atomic E-state index is 12.1. The van der Waals surface area contributed by atoms with Gasteiger partial charge in [-0.1, -0.05) is 13.8 Å². The Morgan fingerprint density at radius 3 is 2.73 bits per heavy atom. The van der Waals surface area contributed by atoms with Gasteiger partial charge in [0.05, 0.1) is 35.0 Å². The number of pyridine rings is 3. The van der Waals surface area contributed by atoms with E-state index < -0.39 is 0 Å². The molecule has 1 amide bonds. The summed E-state index contributed by atoms with van der Waals surface area (Å²) in [5.74, 6) is 0.458. The van der Waals surface area contributed by atoms with Crippen LogP contribution in [0.2, 0.25) is 0 Å². The summed E-state index contributed by atoms with van der Waals surface area (Å²) in [5, 5.41) is 11.4. The van der Waals surface area contributed by atoms with Crippen LogP contribution in [-0.4, -0.2) is 79.2 Å². The van der Waals surface area contributed by atoms with Gasteiger partial charge in [0.1, 0.15) is 11.2 Å². The van der Waals surface area contributed by atoms with E-state index in [1.807, 2.05) is 38.2 Å². The Hall–Kier alpha value is -4.38. The fourth-order valence-corrected chi connectivity index (χ4v) is 4.51. The average molecular weight is 497 g/mol. The number of aromatic amines is 2. The number of likely N-dealkylation sites (N-methyl/N-ethyl adjacent to an activating group) is 1. The van der Waals surface area contributed by atoms with E-state index in [0.29, 0.717) is 22.9 Å². The molecule has 0 spiro atoms. The summed E-state index contributed by atoms with van der Waals surface area (Å²) in [6.45, 7) is 7.64. The predicted octanol–water partition coefficient (Wildman–Crippen LogP) is 3.30. The third-order valence-electron chi connectivity index (χ3n) is 6.71. The minimum Gasteiger partial charge on any atom is -0.367 e. The van der Waals surface area contributed by atoms with Crippen LogP contribution in [-0.2, 0) is 4.79 Å². The van der Waals surface area contributed by atoms with Gasteiger partial charge in [-0.05, 0) is 25.2 Å². The largest absolute Gasteiger partial charge is 0.367 e. The maximum Gasteiger partial charge on any atom is 0.226 e. The number of carbonyl (C=O) groups is 1. The fraction of sp³-hybridized carbons (Fsp3) is 0.308. The van der Waals surface area contributed by atoms with Crippen molar-refractivity contribution in [3.63, 3.8) is 0 Å². The van der Waals surface area contributed by atoms with Crippen molar-refractivity contribution < 1.29 is 4.79 Å². The summed E-state index contributed by atoms with van der Waals surface area (Å²) in [7, 11) is 2.15. The molecule has 1 fully saturated rings. The number of hydrogen-bond acceptors (Lipinski definition) is 8. The lowest BCUT2D eigenvalue weighted by Gasteiger charge is -2.34. The van der Waals surface area contributed by atoms with Crippen LogP contribution in [0.15, 0.2) is 43.0 Å². The summed E-state index contributed by atoms with van der Waals surface area (Å²) < 4.78 is 0. The molecule has 0 radical (unpaired) electrons. The summed E-state index contributed by atoms with van der Waals surface area (Å²) in [5.41, 5.74) is 6.30. The van der Waals surface area contributed by atoms with Crippen LogP contribution in [0.25, 0.3) is 44.8 Å². The zero-order valence-corrected chi connectivity index (χ0v) is 21.0. The number of amides is 1. The number of nitrogens with one attached hydrogen (secondary N) is 3. The van der Waals surface area contributed by atoms with Crippen molar-refractivity contribution in [1.82, 2.24) is 40.0 Å². The Morgan fingerprint density at radius 1 is 1.08 bits per heavy atom. The normalized spacial score (nSPS) is 14.6. The topological polar surface area (TPSA) is 132 Å². The lowest BCUT2D eigenvalue weighted by Crippen LogP contribution is -2.44. The molecule has 11 nitrogen and oxygen atoms in total. The van der Waals surface area contributed by atoms with E-state index in [-0.39, 0.29) is 11.8 Å². The van der Waals surface area contributed by atoms with Crippen LogP contribution in [0.5, 0.6) is 0 Å². The molecule has 0 aliphatic carbocycles. The second-order valence-electron chi connectivity index (χ2n) is 9.70. The zero-order chi connectivity index (χ0) is 25.5.